The van der Waals surface area contributed by atoms with Crippen molar-refractivity contribution in [3.8, 4) is 34.1 Å². The molecule has 6 nitrogen and oxygen atoms in total. The summed E-state index contributed by atoms with van der Waals surface area (Å²) in [5, 5.41) is 0. The lowest BCUT2D eigenvalue weighted by molar-refractivity contribution is 0.0733. The Kier molecular flexibility index (Phi) is 5.95. The number of aromatic nitrogens is 2. The molecule has 0 spiro atoms. The van der Waals surface area contributed by atoms with Gasteiger partial charge in [-0.2, -0.15) is 0 Å². The van der Waals surface area contributed by atoms with E-state index in [1.165, 1.54) is 0 Å². The average Bonchev–Trinajstić information content (AvgIpc) is 2.92. The molecule has 0 fully saturated rings. The fourth-order valence-electron chi connectivity index (χ4n) is 4.21. The molecule has 0 bridgehead atoms. The first kappa shape index (κ1) is 21.6. The minimum atomic E-state index is -0.0129. The van der Waals surface area contributed by atoms with Gasteiger partial charge in [0, 0.05) is 41.8 Å². The zero-order valence-electron chi connectivity index (χ0n) is 19.2. The first-order valence-corrected chi connectivity index (χ1v) is 11.2. The van der Waals surface area contributed by atoms with E-state index < -0.39 is 0 Å². The summed E-state index contributed by atoms with van der Waals surface area (Å²) in [6.07, 6.45) is 0.669. The van der Waals surface area contributed by atoms with Crippen LogP contribution < -0.4 is 9.47 Å². The first-order valence-electron chi connectivity index (χ1n) is 11.2. The largest absolute Gasteiger partial charge is 0.497 e. The van der Waals surface area contributed by atoms with Gasteiger partial charge in [0.05, 0.1) is 25.6 Å². The molecule has 0 saturated carbocycles. The Labute approximate surface area is 198 Å². The van der Waals surface area contributed by atoms with Gasteiger partial charge in [0.25, 0.3) is 5.91 Å². The van der Waals surface area contributed by atoms with Crippen molar-refractivity contribution >= 4 is 5.91 Å². The van der Waals surface area contributed by atoms with Gasteiger partial charge in [-0.05, 0) is 48.5 Å². The molecule has 0 unspecified atom stereocenters. The number of fused-ring (bicyclic) bond motifs is 1. The standard InChI is InChI=1S/C28H25N3O3/c1-33-22-12-8-19(9-13-22)26-24-18-31(28(32)21-10-14-23(34-2)15-11-21)17-16-25(24)29-27(30-26)20-6-4-3-5-7-20/h3-15H,16-18H2,1-2H3. The number of amides is 1. The van der Waals surface area contributed by atoms with Crippen molar-refractivity contribution in [3.63, 3.8) is 0 Å². The van der Waals surface area contributed by atoms with Crippen LogP contribution in [0.25, 0.3) is 22.6 Å². The maximum atomic E-state index is 13.3. The van der Waals surface area contributed by atoms with Crippen molar-refractivity contribution in [2.24, 2.45) is 0 Å². The SMILES string of the molecule is COc1ccc(C(=O)N2CCc3nc(-c4ccccc4)nc(-c4ccc(OC)cc4)c3C2)cc1. The third-order valence-electron chi connectivity index (χ3n) is 6.08. The Morgan fingerprint density at radius 1 is 0.794 bits per heavy atom. The van der Waals surface area contributed by atoms with Crippen LogP contribution in [0, 0.1) is 0 Å². The van der Waals surface area contributed by atoms with Gasteiger partial charge in [0.1, 0.15) is 11.5 Å². The highest BCUT2D eigenvalue weighted by molar-refractivity contribution is 5.94. The number of carbonyl (C=O) groups is 1. The van der Waals surface area contributed by atoms with Crippen LogP contribution in [0.15, 0.2) is 78.9 Å². The Morgan fingerprint density at radius 2 is 1.44 bits per heavy atom. The van der Waals surface area contributed by atoms with Crippen LogP contribution in [0.5, 0.6) is 11.5 Å². The molecular weight excluding hydrogens is 426 g/mol. The molecule has 0 N–H and O–H groups in total. The summed E-state index contributed by atoms with van der Waals surface area (Å²) in [5.41, 5.74) is 5.39. The van der Waals surface area contributed by atoms with E-state index in [4.69, 9.17) is 19.4 Å². The van der Waals surface area contributed by atoms with E-state index in [9.17, 15) is 4.79 Å². The van der Waals surface area contributed by atoms with E-state index in [1.54, 1.807) is 26.4 Å². The predicted octanol–water partition coefficient (Wildman–Crippen LogP) is 5.03. The lowest BCUT2D eigenvalue weighted by Crippen LogP contribution is -2.37. The number of carbonyl (C=O) groups excluding carboxylic acids is 1. The van der Waals surface area contributed by atoms with Crippen molar-refractivity contribution in [2.45, 2.75) is 13.0 Å². The molecule has 0 saturated heterocycles. The molecule has 4 aromatic rings. The van der Waals surface area contributed by atoms with E-state index in [0.29, 0.717) is 30.9 Å². The highest BCUT2D eigenvalue weighted by Crippen LogP contribution is 2.32. The molecule has 170 valence electrons. The topological polar surface area (TPSA) is 64.5 Å². The molecule has 6 heteroatoms. The second-order valence-electron chi connectivity index (χ2n) is 8.12. The van der Waals surface area contributed by atoms with E-state index >= 15 is 0 Å². The highest BCUT2D eigenvalue weighted by atomic mass is 16.5. The molecule has 0 aliphatic carbocycles. The predicted molar refractivity (Wildman–Crippen MR) is 131 cm³/mol. The van der Waals surface area contributed by atoms with Gasteiger partial charge in [-0.3, -0.25) is 4.79 Å². The van der Waals surface area contributed by atoms with Crippen molar-refractivity contribution in [1.29, 1.82) is 0 Å². The normalized spacial score (nSPS) is 12.7. The Bertz CT molecular complexity index is 1300. The quantitative estimate of drug-likeness (QED) is 0.426. The molecule has 1 aromatic heterocycles. The summed E-state index contributed by atoms with van der Waals surface area (Å²) in [6, 6.07) is 25.1. The summed E-state index contributed by atoms with van der Waals surface area (Å²) in [6.45, 7) is 1.06. The zero-order valence-corrected chi connectivity index (χ0v) is 19.2. The number of hydrogen-bond acceptors (Lipinski definition) is 5. The zero-order chi connectivity index (χ0) is 23.5. The van der Waals surface area contributed by atoms with Gasteiger partial charge < -0.3 is 14.4 Å². The molecule has 2 heterocycles. The molecule has 1 aliphatic rings. The average molecular weight is 452 g/mol. The molecule has 5 rings (SSSR count). The molecular formula is C28H25N3O3. The van der Waals surface area contributed by atoms with Crippen molar-refractivity contribution in [2.75, 3.05) is 20.8 Å². The van der Waals surface area contributed by atoms with Gasteiger partial charge in [-0.1, -0.05) is 30.3 Å². The third-order valence-corrected chi connectivity index (χ3v) is 6.08. The summed E-state index contributed by atoms with van der Waals surface area (Å²) >= 11 is 0. The number of nitrogens with zero attached hydrogens (tertiary/aromatic N) is 3. The maximum absolute atomic E-state index is 13.3. The third kappa shape index (κ3) is 4.22. The van der Waals surface area contributed by atoms with E-state index in [-0.39, 0.29) is 5.91 Å². The molecule has 34 heavy (non-hydrogen) atoms. The lowest BCUT2D eigenvalue weighted by atomic mass is 9.98. The van der Waals surface area contributed by atoms with Crippen LogP contribution in [-0.4, -0.2) is 41.5 Å². The van der Waals surface area contributed by atoms with Gasteiger partial charge in [-0.15, -0.1) is 0 Å². The van der Waals surface area contributed by atoms with Gasteiger partial charge >= 0.3 is 0 Å². The number of methoxy groups -OCH3 is 2. The van der Waals surface area contributed by atoms with Crippen molar-refractivity contribution in [1.82, 2.24) is 14.9 Å². The minimum Gasteiger partial charge on any atom is -0.497 e. The van der Waals surface area contributed by atoms with E-state index in [0.717, 1.165) is 39.6 Å². The fourth-order valence-corrected chi connectivity index (χ4v) is 4.21. The summed E-state index contributed by atoms with van der Waals surface area (Å²) < 4.78 is 10.5. The lowest BCUT2D eigenvalue weighted by Gasteiger charge is -2.30. The van der Waals surface area contributed by atoms with Crippen LogP contribution in [0.1, 0.15) is 21.6 Å². The molecule has 0 radical (unpaired) electrons. The molecule has 0 atom stereocenters. The Balaban J connectivity index is 1.54. The monoisotopic (exact) mass is 451 g/mol. The van der Waals surface area contributed by atoms with Gasteiger partial charge in [0.15, 0.2) is 5.82 Å². The number of benzene rings is 3. The van der Waals surface area contributed by atoms with Crippen LogP contribution in [0.2, 0.25) is 0 Å². The Hall–Kier alpha value is -4.19. The maximum Gasteiger partial charge on any atom is 0.254 e. The van der Waals surface area contributed by atoms with Crippen LogP contribution in [-0.2, 0) is 13.0 Å². The van der Waals surface area contributed by atoms with E-state index in [1.807, 2.05) is 71.6 Å². The molecule has 3 aromatic carbocycles. The van der Waals surface area contributed by atoms with Crippen LogP contribution >= 0.6 is 0 Å². The Morgan fingerprint density at radius 3 is 2.09 bits per heavy atom. The minimum absolute atomic E-state index is 0.0129. The summed E-state index contributed by atoms with van der Waals surface area (Å²) in [5.74, 6) is 2.19. The van der Waals surface area contributed by atoms with Gasteiger partial charge in [0.2, 0.25) is 0 Å². The van der Waals surface area contributed by atoms with Crippen molar-refractivity contribution in [3.05, 3.63) is 95.7 Å². The van der Waals surface area contributed by atoms with Crippen molar-refractivity contribution < 1.29 is 14.3 Å². The smallest absolute Gasteiger partial charge is 0.254 e. The van der Waals surface area contributed by atoms with E-state index in [2.05, 4.69) is 0 Å². The number of rotatable bonds is 5. The number of hydrogen-bond donors (Lipinski definition) is 0. The molecule has 1 aliphatic heterocycles. The van der Waals surface area contributed by atoms with Crippen LogP contribution in [0.4, 0.5) is 0 Å². The fraction of sp³-hybridized carbons (Fsp3) is 0.179. The second kappa shape index (κ2) is 9.35. The summed E-state index contributed by atoms with van der Waals surface area (Å²) in [4.78, 5) is 25.0. The second-order valence-corrected chi connectivity index (χ2v) is 8.12. The molecule has 1 amide bonds. The first-order chi connectivity index (χ1) is 16.7. The van der Waals surface area contributed by atoms with Gasteiger partial charge in [-0.25, -0.2) is 9.97 Å². The van der Waals surface area contributed by atoms with Crippen LogP contribution in [0.3, 0.4) is 0 Å². The highest BCUT2D eigenvalue weighted by Gasteiger charge is 2.27. The summed E-state index contributed by atoms with van der Waals surface area (Å²) in [7, 11) is 3.26. The number of ether oxygens (including phenoxy) is 2.